The zero-order valence-corrected chi connectivity index (χ0v) is 13.5. The van der Waals surface area contributed by atoms with E-state index in [0.717, 1.165) is 23.9 Å². The molecule has 0 bridgehead atoms. The van der Waals surface area contributed by atoms with Gasteiger partial charge in [0.15, 0.2) is 0 Å². The number of carbonyl (C=O) groups is 2. The number of rotatable bonds is 3. The number of H-pyrrole nitrogens is 1. The maximum Gasteiger partial charge on any atom is 0.274 e. The lowest BCUT2D eigenvalue weighted by Crippen LogP contribution is -2.43. The summed E-state index contributed by atoms with van der Waals surface area (Å²) in [6.45, 7) is 2.68. The Morgan fingerprint density at radius 1 is 1.38 bits per heavy atom. The van der Waals surface area contributed by atoms with E-state index in [1.54, 1.807) is 11.1 Å². The highest BCUT2D eigenvalue weighted by atomic mass is 16.2. The largest absolute Gasteiger partial charge is 0.347 e. The Labute approximate surface area is 139 Å². The predicted molar refractivity (Wildman–Crippen MR) is 89.6 cm³/mol. The van der Waals surface area contributed by atoms with Crippen LogP contribution in [0.15, 0.2) is 29.2 Å². The van der Waals surface area contributed by atoms with Gasteiger partial charge in [0.2, 0.25) is 11.8 Å². The van der Waals surface area contributed by atoms with E-state index >= 15 is 0 Å². The van der Waals surface area contributed by atoms with Crippen LogP contribution in [0.25, 0.3) is 10.9 Å². The van der Waals surface area contributed by atoms with Crippen LogP contribution in [-0.2, 0) is 9.59 Å². The van der Waals surface area contributed by atoms with Crippen LogP contribution in [0, 0.1) is 0 Å². The summed E-state index contributed by atoms with van der Waals surface area (Å²) in [4.78, 5) is 43.8. The fraction of sp³-hybridized carbons (Fsp3) is 0.412. The number of hydrogen-bond acceptors (Lipinski definition) is 4. The molecule has 1 saturated heterocycles. The minimum atomic E-state index is -0.208. The lowest BCUT2D eigenvalue weighted by Gasteiger charge is -2.32. The predicted octanol–water partition coefficient (Wildman–Crippen LogP) is 0.765. The number of likely N-dealkylation sites (tertiary alicyclic amines) is 1. The molecule has 0 unspecified atom stereocenters. The second-order valence-corrected chi connectivity index (χ2v) is 6.06. The second-order valence-electron chi connectivity index (χ2n) is 6.06. The van der Waals surface area contributed by atoms with E-state index < -0.39 is 0 Å². The molecule has 24 heavy (non-hydrogen) atoms. The first kappa shape index (κ1) is 16.2. The molecule has 2 amide bonds. The molecular formula is C17H20N4O3. The quantitative estimate of drug-likeness (QED) is 0.870. The van der Waals surface area contributed by atoms with E-state index in [1.807, 2.05) is 18.2 Å². The minimum Gasteiger partial charge on any atom is -0.347 e. The Bertz CT molecular complexity index is 822. The highest BCUT2D eigenvalue weighted by Crippen LogP contribution is 2.27. The Morgan fingerprint density at radius 2 is 2.12 bits per heavy atom. The molecule has 1 aliphatic rings. The summed E-state index contributed by atoms with van der Waals surface area (Å²) in [5.41, 5.74) is 1.17. The number of pyridine rings is 2. The van der Waals surface area contributed by atoms with Crippen molar-refractivity contribution < 1.29 is 9.59 Å². The molecule has 1 fully saturated rings. The lowest BCUT2D eigenvalue weighted by atomic mass is 9.92. The summed E-state index contributed by atoms with van der Waals surface area (Å²) >= 11 is 0. The zero-order chi connectivity index (χ0) is 17.1. The van der Waals surface area contributed by atoms with Crippen molar-refractivity contribution in [3.05, 3.63) is 40.4 Å². The molecule has 1 aliphatic heterocycles. The lowest BCUT2D eigenvalue weighted by molar-refractivity contribution is -0.133. The van der Waals surface area contributed by atoms with Crippen LogP contribution in [0.1, 0.15) is 31.4 Å². The van der Waals surface area contributed by atoms with Crippen LogP contribution in [0.4, 0.5) is 0 Å². The number of aromatic amines is 1. The molecule has 2 aromatic heterocycles. The highest BCUT2D eigenvalue weighted by molar-refractivity contribution is 5.83. The molecule has 0 aliphatic carbocycles. The SMILES string of the molecule is CC(=O)NCC(=O)N1CCC(c2cc3cccnc3c(=O)[nH]2)CC1. The molecule has 0 atom stereocenters. The minimum absolute atomic E-state index is 0.0402. The average molecular weight is 328 g/mol. The number of nitrogens with one attached hydrogen (secondary N) is 2. The van der Waals surface area contributed by atoms with Crippen molar-refractivity contribution in [1.82, 2.24) is 20.2 Å². The second kappa shape index (κ2) is 6.82. The first-order chi connectivity index (χ1) is 11.5. The molecule has 0 spiro atoms. The molecular weight excluding hydrogens is 308 g/mol. The van der Waals surface area contributed by atoms with Crippen LogP contribution in [0.5, 0.6) is 0 Å². The van der Waals surface area contributed by atoms with E-state index in [9.17, 15) is 14.4 Å². The molecule has 126 valence electrons. The molecule has 2 aromatic rings. The van der Waals surface area contributed by atoms with Crippen LogP contribution in [0.2, 0.25) is 0 Å². The molecule has 2 N–H and O–H groups in total. The van der Waals surface area contributed by atoms with Crippen LogP contribution >= 0.6 is 0 Å². The Morgan fingerprint density at radius 3 is 2.83 bits per heavy atom. The third-order valence-corrected chi connectivity index (χ3v) is 4.40. The standard InChI is InChI=1S/C17H20N4O3/c1-11(22)19-10-15(23)21-7-4-12(5-8-21)14-9-13-3-2-6-18-16(13)17(24)20-14/h2-3,6,9,12H,4-5,7-8,10H2,1H3,(H,19,22)(H,20,24). The summed E-state index contributed by atoms with van der Waals surface area (Å²) in [6, 6.07) is 5.67. The molecule has 0 saturated carbocycles. The van der Waals surface area contributed by atoms with Gasteiger partial charge in [0.25, 0.3) is 5.56 Å². The van der Waals surface area contributed by atoms with Crippen molar-refractivity contribution in [3.8, 4) is 0 Å². The molecule has 0 aromatic carbocycles. The first-order valence-corrected chi connectivity index (χ1v) is 8.05. The van der Waals surface area contributed by atoms with Gasteiger partial charge >= 0.3 is 0 Å². The van der Waals surface area contributed by atoms with Gasteiger partial charge in [-0.15, -0.1) is 0 Å². The maximum absolute atomic E-state index is 12.1. The van der Waals surface area contributed by atoms with Crippen molar-refractivity contribution in [2.75, 3.05) is 19.6 Å². The van der Waals surface area contributed by atoms with E-state index in [2.05, 4.69) is 15.3 Å². The smallest absolute Gasteiger partial charge is 0.274 e. The van der Waals surface area contributed by atoms with Gasteiger partial charge in [0.1, 0.15) is 5.52 Å². The number of carbonyl (C=O) groups excluding carboxylic acids is 2. The van der Waals surface area contributed by atoms with Gasteiger partial charge in [-0.3, -0.25) is 19.4 Å². The van der Waals surface area contributed by atoms with Gasteiger partial charge in [-0.25, -0.2) is 0 Å². The number of nitrogens with zero attached hydrogens (tertiary/aromatic N) is 2. The van der Waals surface area contributed by atoms with E-state index in [4.69, 9.17) is 0 Å². The number of amides is 2. The van der Waals surface area contributed by atoms with E-state index in [0.29, 0.717) is 18.6 Å². The molecule has 3 rings (SSSR count). The van der Waals surface area contributed by atoms with Gasteiger partial charge < -0.3 is 15.2 Å². The monoisotopic (exact) mass is 328 g/mol. The van der Waals surface area contributed by atoms with Crippen molar-refractivity contribution >= 4 is 22.7 Å². The molecule has 3 heterocycles. The van der Waals surface area contributed by atoms with Crippen molar-refractivity contribution in [1.29, 1.82) is 0 Å². The summed E-state index contributed by atoms with van der Waals surface area (Å²) in [7, 11) is 0. The maximum atomic E-state index is 12.1. The van der Waals surface area contributed by atoms with Gasteiger partial charge in [0, 0.05) is 43.2 Å². The van der Waals surface area contributed by atoms with E-state index in [-0.39, 0.29) is 29.8 Å². The van der Waals surface area contributed by atoms with Gasteiger partial charge in [-0.1, -0.05) is 6.07 Å². The fourth-order valence-corrected chi connectivity index (χ4v) is 3.09. The third-order valence-electron chi connectivity index (χ3n) is 4.40. The Kier molecular flexibility index (Phi) is 4.59. The average Bonchev–Trinajstić information content (AvgIpc) is 2.60. The number of fused-ring (bicyclic) bond motifs is 1. The first-order valence-electron chi connectivity index (χ1n) is 8.05. The Balaban J connectivity index is 1.68. The third kappa shape index (κ3) is 3.45. The van der Waals surface area contributed by atoms with Crippen LogP contribution in [-0.4, -0.2) is 46.3 Å². The summed E-state index contributed by atoms with van der Waals surface area (Å²) in [6.07, 6.45) is 3.18. The van der Waals surface area contributed by atoms with Crippen LogP contribution in [0.3, 0.4) is 0 Å². The van der Waals surface area contributed by atoms with E-state index in [1.165, 1.54) is 6.92 Å². The van der Waals surface area contributed by atoms with Crippen molar-refractivity contribution in [2.45, 2.75) is 25.7 Å². The summed E-state index contributed by atoms with van der Waals surface area (Å²) in [5, 5.41) is 3.36. The molecule has 0 radical (unpaired) electrons. The van der Waals surface area contributed by atoms with Gasteiger partial charge in [-0.05, 0) is 25.0 Å². The topological polar surface area (TPSA) is 95.2 Å². The number of piperidine rings is 1. The zero-order valence-electron chi connectivity index (χ0n) is 13.5. The molecule has 7 heteroatoms. The normalized spacial score (nSPS) is 15.5. The number of hydrogen-bond donors (Lipinski definition) is 2. The number of aromatic nitrogens is 2. The molecule has 7 nitrogen and oxygen atoms in total. The van der Waals surface area contributed by atoms with Crippen molar-refractivity contribution in [2.24, 2.45) is 0 Å². The van der Waals surface area contributed by atoms with Gasteiger partial charge in [0.05, 0.1) is 6.54 Å². The summed E-state index contributed by atoms with van der Waals surface area (Å²) in [5.74, 6) is -0.0624. The van der Waals surface area contributed by atoms with Crippen LogP contribution < -0.4 is 10.9 Å². The highest BCUT2D eigenvalue weighted by Gasteiger charge is 2.24. The fourth-order valence-electron chi connectivity index (χ4n) is 3.09. The Hall–Kier alpha value is -2.70. The van der Waals surface area contributed by atoms with Crippen molar-refractivity contribution in [3.63, 3.8) is 0 Å². The summed E-state index contributed by atoms with van der Waals surface area (Å²) < 4.78 is 0. The van der Waals surface area contributed by atoms with Gasteiger partial charge in [-0.2, -0.15) is 0 Å².